The normalized spacial score (nSPS) is 11.2. The summed E-state index contributed by atoms with van der Waals surface area (Å²) in [6.07, 6.45) is 12.8. The number of aryl methyl sites for hydroxylation is 2. The summed E-state index contributed by atoms with van der Waals surface area (Å²) >= 11 is 0. The Labute approximate surface area is 393 Å². The van der Waals surface area contributed by atoms with E-state index in [1.807, 2.05) is 33.2 Å². The first-order valence-electron chi connectivity index (χ1n) is 21.9. The lowest BCUT2D eigenvalue weighted by Gasteiger charge is -2.19. The summed E-state index contributed by atoms with van der Waals surface area (Å²) in [5, 5.41) is 48.9. The quantitative estimate of drug-likeness (QED) is 0.0447. The number of benzene rings is 2. The fraction of sp³-hybridized carbons (Fsp3) is 0.341. The van der Waals surface area contributed by atoms with Crippen LogP contribution < -0.4 is 25.8 Å². The molecule has 0 saturated carbocycles. The van der Waals surface area contributed by atoms with Gasteiger partial charge in [-0.3, -0.25) is 23.7 Å². The van der Waals surface area contributed by atoms with Crippen molar-refractivity contribution in [2.75, 3.05) is 30.4 Å². The van der Waals surface area contributed by atoms with Gasteiger partial charge in [-0.2, -0.15) is 29.5 Å². The molecule has 0 bridgehead atoms. The maximum Gasteiger partial charge on any atom is 0.306 e. The van der Waals surface area contributed by atoms with Crippen LogP contribution >= 0.6 is 0 Å². The molecule has 0 aliphatic carbocycles. The van der Waals surface area contributed by atoms with Crippen LogP contribution in [0.4, 0.5) is 23.3 Å². The van der Waals surface area contributed by atoms with Crippen molar-refractivity contribution in [2.45, 2.75) is 78.0 Å². The molecule has 8 rings (SSSR count). The van der Waals surface area contributed by atoms with E-state index in [4.69, 9.17) is 30.2 Å². The molecule has 0 spiro atoms. The second kappa shape index (κ2) is 22.7. The van der Waals surface area contributed by atoms with Crippen molar-refractivity contribution in [2.24, 2.45) is 5.73 Å². The molecule has 0 aliphatic rings. The van der Waals surface area contributed by atoms with Crippen molar-refractivity contribution in [3.8, 4) is 22.9 Å². The van der Waals surface area contributed by atoms with Gasteiger partial charge in [0, 0.05) is 31.9 Å². The molecule has 0 saturated heterocycles. The number of anilines is 4. The summed E-state index contributed by atoms with van der Waals surface area (Å²) in [5.74, 6) is -0.139. The number of esters is 1. The van der Waals surface area contributed by atoms with Gasteiger partial charge in [0.2, 0.25) is 11.9 Å². The van der Waals surface area contributed by atoms with Crippen LogP contribution in [0.25, 0.3) is 33.7 Å². The van der Waals surface area contributed by atoms with E-state index < -0.39 is 17.5 Å². The maximum atomic E-state index is 11.8. The van der Waals surface area contributed by atoms with Crippen molar-refractivity contribution in [3.63, 3.8) is 0 Å². The Morgan fingerprint density at radius 1 is 0.638 bits per heavy atom. The first-order chi connectivity index (χ1) is 33.3. The lowest BCUT2D eigenvalue weighted by Crippen LogP contribution is -2.23. The van der Waals surface area contributed by atoms with E-state index >= 15 is 0 Å². The van der Waals surface area contributed by atoms with Crippen LogP contribution in [-0.2, 0) is 32.2 Å². The third-order valence-electron chi connectivity index (χ3n) is 9.53. The minimum atomic E-state index is -0.914. The molecule has 69 heavy (non-hydrogen) atoms. The SMILES string of the molecule is CC(C)(C)OC(=O)CCCCn1cc(Nc2ncc3nnn(-c4ccc(OCCC(=O)O)cc4)c3n2)cn1.NCCCn1cc(Nc2ncc3nnn(-c4ccc(OCCC(=O)O)cc4)c3n2)cn1. The Hall–Kier alpha value is -8.61. The van der Waals surface area contributed by atoms with E-state index in [9.17, 15) is 14.4 Å². The summed E-state index contributed by atoms with van der Waals surface area (Å²) in [6.45, 7) is 7.77. The number of nitrogens with two attached hydrogens (primary N) is 1. The van der Waals surface area contributed by atoms with Gasteiger partial charge in [-0.25, -0.2) is 9.97 Å². The van der Waals surface area contributed by atoms with Crippen LogP contribution in [0, 0.1) is 0 Å². The number of nitrogens with zero attached hydrogens (tertiary/aromatic N) is 14. The number of rotatable bonds is 22. The third-order valence-corrected chi connectivity index (χ3v) is 9.53. The smallest absolute Gasteiger partial charge is 0.306 e. The molecule has 0 fully saturated rings. The molecule has 0 radical (unpaired) electrons. The maximum absolute atomic E-state index is 11.8. The molecule has 6 heterocycles. The minimum absolute atomic E-state index is 0.0614. The highest BCUT2D eigenvalue weighted by Crippen LogP contribution is 2.22. The highest BCUT2D eigenvalue weighted by Gasteiger charge is 2.17. The van der Waals surface area contributed by atoms with Gasteiger partial charge in [-0.05, 0) is 95.1 Å². The molecule has 8 aromatic rings. The van der Waals surface area contributed by atoms with Gasteiger partial charge < -0.3 is 40.8 Å². The molecule has 0 unspecified atom stereocenters. The number of ether oxygens (including phenoxy) is 3. The van der Waals surface area contributed by atoms with Gasteiger partial charge >= 0.3 is 17.9 Å². The number of aromatic nitrogens is 14. The molecule has 25 heteroatoms. The number of carboxylic acids is 2. The van der Waals surface area contributed by atoms with Crippen LogP contribution in [0.2, 0.25) is 0 Å². The van der Waals surface area contributed by atoms with E-state index in [-0.39, 0.29) is 32.0 Å². The number of carboxylic acid groups (broad SMARTS) is 2. The molecule has 25 nitrogen and oxygen atoms in total. The van der Waals surface area contributed by atoms with Gasteiger partial charge in [0.05, 0.1) is 73.6 Å². The van der Waals surface area contributed by atoms with Crippen molar-refractivity contribution < 1.29 is 38.8 Å². The van der Waals surface area contributed by atoms with Gasteiger partial charge in [-0.15, -0.1) is 10.2 Å². The topological polar surface area (TPSA) is 318 Å². The van der Waals surface area contributed by atoms with Gasteiger partial charge in [-0.1, -0.05) is 10.4 Å². The molecule has 0 amide bonds. The van der Waals surface area contributed by atoms with E-state index in [0.717, 1.165) is 36.4 Å². The average Bonchev–Trinajstić information content (AvgIpc) is 4.15. The molecule has 2 aromatic carbocycles. The zero-order valence-corrected chi connectivity index (χ0v) is 38.0. The van der Waals surface area contributed by atoms with Gasteiger partial charge in [0.25, 0.3) is 0 Å². The third kappa shape index (κ3) is 14.2. The van der Waals surface area contributed by atoms with E-state index in [1.165, 1.54) is 0 Å². The molecule has 0 aliphatic heterocycles. The number of aliphatic carboxylic acids is 2. The highest BCUT2D eigenvalue weighted by molar-refractivity contribution is 5.74. The minimum Gasteiger partial charge on any atom is -0.493 e. The fourth-order valence-corrected chi connectivity index (χ4v) is 6.35. The van der Waals surface area contributed by atoms with Crippen molar-refractivity contribution in [1.29, 1.82) is 0 Å². The van der Waals surface area contributed by atoms with Crippen molar-refractivity contribution >= 4 is 63.5 Å². The van der Waals surface area contributed by atoms with Crippen molar-refractivity contribution in [3.05, 3.63) is 85.7 Å². The monoisotopic (exact) mass is 945 g/mol. The number of nitrogens with one attached hydrogen (secondary N) is 2. The summed E-state index contributed by atoms with van der Waals surface area (Å²) in [4.78, 5) is 50.7. The summed E-state index contributed by atoms with van der Waals surface area (Å²) in [6, 6.07) is 14.1. The highest BCUT2D eigenvalue weighted by atomic mass is 16.6. The number of unbranched alkanes of at least 4 members (excludes halogenated alkanes) is 1. The predicted molar refractivity (Wildman–Crippen MR) is 249 cm³/mol. The van der Waals surface area contributed by atoms with E-state index in [0.29, 0.717) is 77.3 Å². The Kier molecular flexibility index (Phi) is 15.9. The number of carbonyl (C=O) groups is 3. The van der Waals surface area contributed by atoms with Gasteiger partial charge in [0.15, 0.2) is 22.3 Å². The number of hydrogen-bond donors (Lipinski definition) is 5. The second-order valence-corrected chi connectivity index (χ2v) is 16.2. The summed E-state index contributed by atoms with van der Waals surface area (Å²) in [5.41, 5.74) is 10.1. The number of fused-ring (bicyclic) bond motifs is 2. The van der Waals surface area contributed by atoms with Crippen LogP contribution in [0.1, 0.15) is 59.3 Å². The molecule has 6 N–H and O–H groups in total. The molecular weight excluding hydrogens is 895 g/mol. The Morgan fingerprint density at radius 3 is 1.54 bits per heavy atom. The molecule has 0 atom stereocenters. The van der Waals surface area contributed by atoms with Crippen LogP contribution in [-0.4, -0.2) is 123 Å². The second-order valence-electron chi connectivity index (χ2n) is 16.2. The molecule has 6 aromatic heterocycles. The molecular formula is C44H51N17O8. The standard InChI is InChI=1S/C25H30N8O5.C19H21N9O3/c1-25(2,3)38-22(36)6-4-5-12-32-16-17(14-27-32)28-24-26-15-20-23(29-24)33(31-30-20)18-7-9-19(10-8-18)37-13-11-21(34)35;20-7-1-8-27-12-13(10-22-27)23-19-21-11-16-18(24-19)28(26-25-16)14-2-4-15(5-3-14)31-9-6-17(29)30/h7-10,14-16H,4-6,11-13H2,1-3H3,(H,34,35)(H,26,28,29);2-5,10-12H,1,6-9,20H2,(H,29,30)(H,21,23,24). The van der Waals surface area contributed by atoms with Crippen LogP contribution in [0.3, 0.4) is 0 Å². The first kappa shape index (κ1) is 48.3. The largest absolute Gasteiger partial charge is 0.493 e. The zero-order chi connectivity index (χ0) is 48.8. The Morgan fingerprint density at radius 2 is 1.10 bits per heavy atom. The zero-order valence-electron chi connectivity index (χ0n) is 38.0. The first-order valence-corrected chi connectivity index (χ1v) is 21.9. The summed E-state index contributed by atoms with van der Waals surface area (Å²) in [7, 11) is 0. The van der Waals surface area contributed by atoms with Gasteiger partial charge in [0.1, 0.15) is 17.1 Å². The lowest BCUT2D eigenvalue weighted by molar-refractivity contribution is -0.155. The van der Waals surface area contributed by atoms with Crippen molar-refractivity contribution in [1.82, 2.24) is 69.5 Å². The molecule has 360 valence electrons. The lowest BCUT2D eigenvalue weighted by atomic mass is 10.2. The number of carbonyl (C=O) groups excluding carboxylic acids is 1. The van der Waals surface area contributed by atoms with E-state index in [1.54, 1.807) is 92.0 Å². The predicted octanol–water partition coefficient (Wildman–Crippen LogP) is 4.87. The van der Waals surface area contributed by atoms with Crippen LogP contribution in [0.5, 0.6) is 11.5 Å². The summed E-state index contributed by atoms with van der Waals surface area (Å²) < 4.78 is 22.9. The van der Waals surface area contributed by atoms with E-state index in [2.05, 4.69) is 61.4 Å². The Balaban J connectivity index is 0.000000208. The Bertz CT molecular complexity index is 2960. The van der Waals surface area contributed by atoms with Crippen LogP contribution in [0.15, 0.2) is 85.7 Å². The fourth-order valence-electron chi connectivity index (χ4n) is 6.35. The number of hydrogen-bond acceptors (Lipinski definition) is 19. The average molecular weight is 946 g/mol.